The molecular weight excluding hydrogens is 437 g/mol. The summed E-state index contributed by atoms with van der Waals surface area (Å²) in [6, 6.07) is 17.1. The molecule has 7 heteroatoms. The van der Waals surface area contributed by atoms with E-state index in [1.165, 1.54) is 6.07 Å². The average Bonchev–Trinajstić information content (AvgIpc) is 3.57. The molecule has 34 heavy (non-hydrogen) atoms. The maximum absolute atomic E-state index is 14.0. The summed E-state index contributed by atoms with van der Waals surface area (Å²) in [6.07, 6.45) is 2.14. The number of carbonyl (C=O) groups is 2. The zero-order chi connectivity index (χ0) is 23.5. The number of rotatable bonds is 6. The summed E-state index contributed by atoms with van der Waals surface area (Å²) in [5, 5.41) is 3.02. The summed E-state index contributed by atoms with van der Waals surface area (Å²) in [5.41, 5.74) is 3.46. The zero-order valence-electron chi connectivity index (χ0n) is 18.5. The van der Waals surface area contributed by atoms with Gasteiger partial charge in [0.15, 0.2) is 0 Å². The van der Waals surface area contributed by atoms with Gasteiger partial charge < -0.3 is 19.5 Å². The molecule has 3 aromatic rings. The van der Waals surface area contributed by atoms with Crippen LogP contribution >= 0.6 is 0 Å². The number of hydrogen-bond acceptors (Lipinski definition) is 6. The fraction of sp³-hybridized carbons (Fsp3) is 0.259. The molecule has 0 saturated carbocycles. The first-order valence-electron chi connectivity index (χ1n) is 11.3. The lowest BCUT2D eigenvalue weighted by molar-refractivity contribution is -0.139. The minimum Gasteiger partial charge on any atom is -0.492 e. The number of hydrogen-bond donors (Lipinski definition) is 1. The Morgan fingerprint density at radius 2 is 1.94 bits per heavy atom. The van der Waals surface area contributed by atoms with Crippen molar-refractivity contribution in [1.29, 1.82) is 0 Å². The molecule has 0 amide bonds. The second-order valence-electron chi connectivity index (χ2n) is 8.37. The number of benzene rings is 3. The lowest BCUT2D eigenvalue weighted by Crippen LogP contribution is -2.33. The summed E-state index contributed by atoms with van der Waals surface area (Å²) < 4.78 is 30.5. The van der Waals surface area contributed by atoms with Gasteiger partial charge in [0.2, 0.25) is 0 Å². The molecule has 5 rings (SSSR count). The van der Waals surface area contributed by atoms with Crippen molar-refractivity contribution in [2.24, 2.45) is 0 Å². The van der Waals surface area contributed by atoms with E-state index in [9.17, 15) is 14.0 Å². The van der Waals surface area contributed by atoms with Crippen molar-refractivity contribution in [3.05, 3.63) is 83.2 Å². The largest absolute Gasteiger partial charge is 0.492 e. The van der Waals surface area contributed by atoms with Gasteiger partial charge in [-0.2, -0.15) is 0 Å². The van der Waals surface area contributed by atoms with Gasteiger partial charge in [0.05, 0.1) is 12.2 Å². The molecule has 0 aromatic heterocycles. The van der Waals surface area contributed by atoms with Crippen LogP contribution in [0.25, 0.3) is 11.1 Å². The van der Waals surface area contributed by atoms with E-state index < -0.39 is 18.0 Å². The van der Waals surface area contributed by atoms with Crippen LogP contribution in [0.2, 0.25) is 0 Å². The van der Waals surface area contributed by atoms with Crippen LogP contribution < -0.4 is 14.8 Å². The molecule has 1 atom stereocenters. The number of ether oxygens (including phenoxy) is 3. The standard InChI is InChI=1S/C27H24FNO5/c28-23-11-10-21(25-22(23)12-14-32-25)18-6-8-20(9-7-18)33-16-17-3-1-4-19(15-17)26(30)34-27(31)24-5-2-13-29-24/h1,3-4,6-11,15,24,29H,2,5,12-14,16H2/t24-/m0/s1. The maximum atomic E-state index is 14.0. The Morgan fingerprint density at radius 3 is 2.74 bits per heavy atom. The van der Waals surface area contributed by atoms with Gasteiger partial charge in [0.25, 0.3) is 0 Å². The first-order valence-corrected chi connectivity index (χ1v) is 11.3. The highest BCUT2D eigenvalue weighted by Gasteiger charge is 2.26. The summed E-state index contributed by atoms with van der Waals surface area (Å²) >= 11 is 0. The van der Waals surface area contributed by atoms with E-state index in [-0.39, 0.29) is 12.4 Å². The van der Waals surface area contributed by atoms with E-state index in [0.29, 0.717) is 42.1 Å². The van der Waals surface area contributed by atoms with Crippen LogP contribution in [0.1, 0.15) is 34.3 Å². The van der Waals surface area contributed by atoms with Gasteiger partial charge in [-0.3, -0.25) is 0 Å². The Bertz CT molecular complexity index is 1220. The molecule has 174 valence electrons. The molecule has 1 N–H and O–H groups in total. The molecule has 1 fully saturated rings. The van der Waals surface area contributed by atoms with Gasteiger partial charge in [-0.15, -0.1) is 0 Å². The second kappa shape index (κ2) is 9.65. The molecular formula is C27H24FNO5. The monoisotopic (exact) mass is 461 g/mol. The smallest absolute Gasteiger partial charge is 0.345 e. The van der Waals surface area contributed by atoms with Crippen LogP contribution in [0, 0.1) is 5.82 Å². The number of halogens is 1. The van der Waals surface area contributed by atoms with Crippen molar-refractivity contribution in [2.45, 2.75) is 31.9 Å². The van der Waals surface area contributed by atoms with Crippen LogP contribution in [0.3, 0.4) is 0 Å². The Labute approximate surface area is 196 Å². The van der Waals surface area contributed by atoms with Crippen molar-refractivity contribution in [3.63, 3.8) is 0 Å². The van der Waals surface area contributed by atoms with E-state index in [1.54, 1.807) is 24.3 Å². The summed E-state index contributed by atoms with van der Waals surface area (Å²) in [6.45, 7) is 1.48. The Balaban J connectivity index is 1.22. The highest BCUT2D eigenvalue weighted by molar-refractivity contribution is 5.98. The molecule has 3 aromatic carbocycles. The lowest BCUT2D eigenvalue weighted by Gasteiger charge is -2.11. The molecule has 0 radical (unpaired) electrons. The normalized spacial score (nSPS) is 16.6. The van der Waals surface area contributed by atoms with Crippen molar-refractivity contribution in [2.75, 3.05) is 13.2 Å². The molecule has 0 spiro atoms. The van der Waals surface area contributed by atoms with Gasteiger partial charge in [-0.25, -0.2) is 14.0 Å². The van der Waals surface area contributed by atoms with E-state index >= 15 is 0 Å². The molecule has 2 heterocycles. The van der Waals surface area contributed by atoms with Crippen LogP contribution in [-0.4, -0.2) is 31.1 Å². The molecule has 2 aliphatic heterocycles. The third-order valence-corrected chi connectivity index (χ3v) is 6.07. The number of fused-ring (bicyclic) bond motifs is 1. The highest BCUT2D eigenvalue weighted by Crippen LogP contribution is 2.38. The fourth-order valence-electron chi connectivity index (χ4n) is 4.28. The predicted molar refractivity (Wildman–Crippen MR) is 123 cm³/mol. The van der Waals surface area contributed by atoms with E-state index in [0.717, 1.165) is 29.7 Å². The maximum Gasteiger partial charge on any atom is 0.345 e. The predicted octanol–water partition coefficient (Wildman–Crippen LogP) is 4.44. The molecule has 1 saturated heterocycles. The SMILES string of the molecule is O=C(OC(=O)[C@@H]1CCCN1)c1cccc(COc2ccc(-c3ccc(F)c4c3OCC4)cc2)c1. The van der Waals surface area contributed by atoms with Crippen LogP contribution in [0.15, 0.2) is 60.7 Å². The first-order chi connectivity index (χ1) is 16.6. The van der Waals surface area contributed by atoms with E-state index in [1.807, 2.05) is 30.3 Å². The molecule has 0 aliphatic carbocycles. The summed E-state index contributed by atoms with van der Waals surface area (Å²) in [5.74, 6) is -0.180. The third kappa shape index (κ3) is 4.65. The van der Waals surface area contributed by atoms with Crippen molar-refractivity contribution in [3.8, 4) is 22.6 Å². The minimum atomic E-state index is -0.668. The molecule has 2 aliphatic rings. The second-order valence-corrected chi connectivity index (χ2v) is 8.37. The Morgan fingerprint density at radius 1 is 1.09 bits per heavy atom. The van der Waals surface area contributed by atoms with Crippen molar-refractivity contribution < 1.29 is 28.2 Å². The summed E-state index contributed by atoms with van der Waals surface area (Å²) in [4.78, 5) is 24.4. The van der Waals surface area contributed by atoms with Crippen LogP contribution in [0.5, 0.6) is 11.5 Å². The minimum absolute atomic E-state index is 0.234. The van der Waals surface area contributed by atoms with Crippen LogP contribution in [-0.2, 0) is 22.6 Å². The van der Waals surface area contributed by atoms with Gasteiger partial charge in [0, 0.05) is 17.5 Å². The van der Waals surface area contributed by atoms with Gasteiger partial charge in [0.1, 0.15) is 30.0 Å². The van der Waals surface area contributed by atoms with Gasteiger partial charge in [-0.05, 0) is 66.9 Å². The Kier molecular flexibility index (Phi) is 6.27. The highest BCUT2D eigenvalue weighted by atomic mass is 19.1. The third-order valence-electron chi connectivity index (χ3n) is 6.07. The quantitative estimate of drug-likeness (QED) is 0.432. The Hall–Kier alpha value is -3.71. The number of carbonyl (C=O) groups excluding carboxylic acids is 2. The average molecular weight is 461 g/mol. The van der Waals surface area contributed by atoms with Crippen molar-refractivity contribution in [1.82, 2.24) is 5.32 Å². The number of nitrogens with one attached hydrogen (secondary N) is 1. The fourth-order valence-corrected chi connectivity index (χ4v) is 4.28. The molecule has 6 nitrogen and oxygen atoms in total. The van der Waals surface area contributed by atoms with Gasteiger partial charge >= 0.3 is 11.9 Å². The topological polar surface area (TPSA) is 73.9 Å². The summed E-state index contributed by atoms with van der Waals surface area (Å²) in [7, 11) is 0. The van der Waals surface area contributed by atoms with Crippen molar-refractivity contribution >= 4 is 11.9 Å². The zero-order valence-corrected chi connectivity index (χ0v) is 18.5. The van der Waals surface area contributed by atoms with Gasteiger partial charge in [-0.1, -0.05) is 24.3 Å². The van der Waals surface area contributed by atoms with E-state index in [4.69, 9.17) is 14.2 Å². The molecule has 0 bridgehead atoms. The lowest BCUT2D eigenvalue weighted by atomic mass is 10.0. The molecule has 0 unspecified atom stereocenters. The van der Waals surface area contributed by atoms with Crippen LogP contribution in [0.4, 0.5) is 4.39 Å². The number of esters is 2. The first kappa shape index (κ1) is 22.1. The van der Waals surface area contributed by atoms with E-state index in [2.05, 4.69) is 5.32 Å².